The molecule has 0 aliphatic rings. The molecule has 2 unspecified atom stereocenters. The number of methoxy groups -OCH3 is 1. The van der Waals surface area contributed by atoms with Gasteiger partial charge in [-0.25, -0.2) is 0 Å². The van der Waals surface area contributed by atoms with E-state index in [1.54, 1.807) is 7.11 Å². The minimum atomic E-state index is -0.751. The second-order valence-corrected chi connectivity index (χ2v) is 6.56. The van der Waals surface area contributed by atoms with Crippen LogP contribution in [-0.2, 0) is 15.9 Å². The number of hydrogen-bond donors (Lipinski definition) is 2. The fourth-order valence-corrected chi connectivity index (χ4v) is 2.47. The van der Waals surface area contributed by atoms with E-state index in [-0.39, 0.29) is 48.9 Å². The van der Waals surface area contributed by atoms with Crippen LogP contribution in [0.15, 0.2) is 48.5 Å². The summed E-state index contributed by atoms with van der Waals surface area (Å²) < 4.78 is 21.1. The number of rotatable bonds is 13. The number of ether oxygens (including phenoxy) is 4. The Labute approximate surface area is 216 Å². The van der Waals surface area contributed by atoms with Crippen molar-refractivity contribution in [2.24, 2.45) is 0 Å². The van der Waals surface area contributed by atoms with E-state index in [0.29, 0.717) is 12.2 Å². The van der Waals surface area contributed by atoms with E-state index in [1.807, 2.05) is 83.1 Å². The largest absolute Gasteiger partial charge is 0.497 e. The van der Waals surface area contributed by atoms with E-state index in [1.165, 1.54) is 11.1 Å². The van der Waals surface area contributed by atoms with Gasteiger partial charge in [0.15, 0.2) is 0 Å². The molecule has 0 saturated carbocycles. The highest BCUT2D eigenvalue weighted by molar-refractivity contribution is 5.34. The van der Waals surface area contributed by atoms with Crippen molar-refractivity contribution in [3.05, 3.63) is 59.7 Å². The lowest BCUT2D eigenvalue weighted by atomic mass is 10.0. The molecule has 0 spiro atoms. The third kappa shape index (κ3) is 18.8. The average molecular weight is 499 g/mol. The van der Waals surface area contributed by atoms with Crippen molar-refractivity contribution in [3.63, 3.8) is 0 Å². The lowest BCUT2D eigenvalue weighted by Crippen LogP contribution is -2.24. The Kier molecular flexibility index (Phi) is 30.3. The standard InChI is InChI=1S/C22H30O6.2C2H6.3CH4/c1-3-19(23)13-26-16-27-14-20(24)15-28-22-10-6-18(7-11-22)12-17-4-8-21(25-2)9-5-17;2*1-2;;;/h4-11,19-20,23-24H,3,12-16H2,1-2H3;2*1-2H3;3*1H4. The highest BCUT2D eigenvalue weighted by atomic mass is 16.7. The fourth-order valence-electron chi connectivity index (χ4n) is 2.47. The SMILES string of the molecule is C.C.C.CC.CC.CCC(O)COCOCC(O)COc1ccc(Cc2ccc(OC)cc2)cc1. The van der Waals surface area contributed by atoms with E-state index in [4.69, 9.17) is 18.9 Å². The predicted octanol–water partition coefficient (Wildman–Crippen LogP) is 6.75. The summed E-state index contributed by atoms with van der Waals surface area (Å²) >= 11 is 0. The van der Waals surface area contributed by atoms with Crippen molar-refractivity contribution >= 4 is 0 Å². The van der Waals surface area contributed by atoms with Gasteiger partial charge in [-0.2, -0.15) is 0 Å². The molecule has 0 radical (unpaired) electrons. The Morgan fingerprint density at radius 1 is 0.657 bits per heavy atom. The first-order valence-corrected chi connectivity index (χ1v) is 11.5. The van der Waals surface area contributed by atoms with Crippen LogP contribution in [0.5, 0.6) is 11.5 Å². The summed E-state index contributed by atoms with van der Waals surface area (Å²) in [5.74, 6) is 1.54. The molecule has 6 nitrogen and oxygen atoms in total. The fraction of sp³-hybridized carbons (Fsp3) is 0.586. The molecule has 2 N–H and O–H groups in total. The summed E-state index contributed by atoms with van der Waals surface area (Å²) in [7, 11) is 1.66. The van der Waals surface area contributed by atoms with Gasteiger partial charge in [0.2, 0.25) is 0 Å². The van der Waals surface area contributed by atoms with Gasteiger partial charge in [-0.15, -0.1) is 0 Å². The average Bonchev–Trinajstić information content (AvgIpc) is 2.86. The molecular weight excluding hydrogens is 444 g/mol. The molecule has 0 fully saturated rings. The molecule has 0 amide bonds. The van der Waals surface area contributed by atoms with Crippen LogP contribution in [0.25, 0.3) is 0 Å². The van der Waals surface area contributed by atoms with E-state index >= 15 is 0 Å². The predicted molar refractivity (Wildman–Crippen MR) is 150 cm³/mol. The van der Waals surface area contributed by atoms with Gasteiger partial charge in [0, 0.05) is 0 Å². The number of benzene rings is 2. The summed E-state index contributed by atoms with van der Waals surface area (Å²) in [6.07, 6.45) is 0.228. The number of aliphatic hydroxyl groups is 2. The van der Waals surface area contributed by atoms with Crippen molar-refractivity contribution in [2.75, 3.05) is 33.7 Å². The topological polar surface area (TPSA) is 77.4 Å². The van der Waals surface area contributed by atoms with Crippen molar-refractivity contribution < 1.29 is 29.2 Å². The Morgan fingerprint density at radius 2 is 1.09 bits per heavy atom. The van der Waals surface area contributed by atoms with Crippen LogP contribution in [0.3, 0.4) is 0 Å². The normalized spacial score (nSPS) is 10.9. The van der Waals surface area contributed by atoms with Gasteiger partial charge in [-0.1, -0.05) is 81.2 Å². The molecular formula is C29H54O6. The molecule has 2 aromatic rings. The molecule has 0 aliphatic carbocycles. The zero-order valence-electron chi connectivity index (χ0n) is 20.5. The molecule has 0 saturated heterocycles. The quantitative estimate of drug-likeness (QED) is 0.235. The summed E-state index contributed by atoms with van der Waals surface area (Å²) in [6, 6.07) is 15.8. The molecule has 0 aliphatic heterocycles. The maximum atomic E-state index is 9.89. The Morgan fingerprint density at radius 3 is 1.51 bits per heavy atom. The molecule has 2 atom stereocenters. The Bertz CT molecular complexity index is 658. The monoisotopic (exact) mass is 498 g/mol. The van der Waals surface area contributed by atoms with E-state index in [2.05, 4.69) is 0 Å². The molecule has 0 heterocycles. The molecule has 0 aromatic heterocycles. The summed E-state index contributed by atoms with van der Waals surface area (Å²) in [6.45, 7) is 10.4. The van der Waals surface area contributed by atoms with Crippen molar-refractivity contribution in [1.29, 1.82) is 0 Å². The molecule has 35 heavy (non-hydrogen) atoms. The maximum absolute atomic E-state index is 9.89. The minimum Gasteiger partial charge on any atom is -0.497 e. The van der Waals surface area contributed by atoms with Crippen LogP contribution in [0.1, 0.15) is 74.4 Å². The van der Waals surface area contributed by atoms with Gasteiger partial charge >= 0.3 is 0 Å². The van der Waals surface area contributed by atoms with E-state index < -0.39 is 12.2 Å². The van der Waals surface area contributed by atoms with Crippen molar-refractivity contribution in [2.45, 2.75) is 81.9 Å². The van der Waals surface area contributed by atoms with E-state index in [0.717, 1.165) is 12.2 Å². The highest BCUT2D eigenvalue weighted by Crippen LogP contribution is 2.17. The smallest absolute Gasteiger partial charge is 0.146 e. The van der Waals surface area contributed by atoms with Gasteiger partial charge in [0.1, 0.15) is 31.0 Å². The van der Waals surface area contributed by atoms with Gasteiger partial charge in [0.25, 0.3) is 0 Å². The number of aliphatic hydroxyl groups excluding tert-OH is 2. The summed E-state index contributed by atoms with van der Waals surface area (Å²) in [5, 5.41) is 19.2. The Balaban J connectivity index is -0.000000652. The summed E-state index contributed by atoms with van der Waals surface area (Å²) in [4.78, 5) is 0. The first-order valence-electron chi connectivity index (χ1n) is 11.5. The van der Waals surface area contributed by atoms with E-state index in [9.17, 15) is 10.2 Å². The zero-order chi connectivity index (χ0) is 24.2. The molecule has 6 heteroatoms. The minimum absolute atomic E-state index is 0. The van der Waals surface area contributed by atoms with Crippen LogP contribution in [-0.4, -0.2) is 56.1 Å². The van der Waals surface area contributed by atoms with Gasteiger partial charge < -0.3 is 29.2 Å². The van der Waals surface area contributed by atoms with Crippen LogP contribution < -0.4 is 9.47 Å². The Hall–Kier alpha value is -2.12. The molecule has 0 bridgehead atoms. The van der Waals surface area contributed by atoms with Gasteiger partial charge in [-0.3, -0.25) is 0 Å². The van der Waals surface area contributed by atoms with Crippen LogP contribution in [0.2, 0.25) is 0 Å². The third-order valence-electron chi connectivity index (χ3n) is 4.19. The molecule has 2 rings (SSSR count). The lowest BCUT2D eigenvalue weighted by Gasteiger charge is -2.14. The summed E-state index contributed by atoms with van der Waals surface area (Å²) in [5.41, 5.74) is 2.38. The van der Waals surface area contributed by atoms with Crippen LogP contribution in [0.4, 0.5) is 0 Å². The van der Waals surface area contributed by atoms with Crippen molar-refractivity contribution in [1.82, 2.24) is 0 Å². The lowest BCUT2D eigenvalue weighted by molar-refractivity contribution is -0.101. The zero-order valence-corrected chi connectivity index (χ0v) is 20.5. The maximum Gasteiger partial charge on any atom is 0.146 e. The molecule has 2 aromatic carbocycles. The second kappa shape index (κ2) is 26.5. The molecule has 206 valence electrons. The van der Waals surface area contributed by atoms with Gasteiger partial charge in [0.05, 0.1) is 26.4 Å². The second-order valence-electron chi connectivity index (χ2n) is 6.56. The van der Waals surface area contributed by atoms with Gasteiger partial charge in [-0.05, 0) is 48.2 Å². The van der Waals surface area contributed by atoms with Crippen molar-refractivity contribution in [3.8, 4) is 11.5 Å². The highest BCUT2D eigenvalue weighted by Gasteiger charge is 2.07. The third-order valence-corrected chi connectivity index (χ3v) is 4.19. The van der Waals surface area contributed by atoms with Crippen LogP contribution in [0, 0.1) is 0 Å². The first-order chi connectivity index (χ1) is 15.6. The van der Waals surface area contributed by atoms with Crippen LogP contribution >= 0.6 is 0 Å². The number of hydrogen-bond acceptors (Lipinski definition) is 6. The first kappa shape index (κ1) is 40.1.